The van der Waals surface area contributed by atoms with E-state index in [1.165, 1.54) is 12.1 Å². The van der Waals surface area contributed by atoms with Gasteiger partial charge in [0, 0.05) is 6.42 Å². The van der Waals surface area contributed by atoms with E-state index in [0.29, 0.717) is 5.56 Å². The molecule has 0 saturated heterocycles. The van der Waals surface area contributed by atoms with Crippen LogP contribution in [0.1, 0.15) is 31.9 Å². The number of halogens is 3. The molecule has 0 radical (unpaired) electrons. The van der Waals surface area contributed by atoms with Crippen molar-refractivity contribution in [3.05, 3.63) is 35.4 Å². The van der Waals surface area contributed by atoms with Crippen molar-refractivity contribution < 1.29 is 32.2 Å². The van der Waals surface area contributed by atoms with E-state index >= 15 is 0 Å². The first-order valence-electron chi connectivity index (χ1n) is 7.61. The number of benzene rings is 1. The number of nitrogens with zero attached hydrogens (tertiary/aromatic N) is 1. The summed E-state index contributed by atoms with van der Waals surface area (Å²) in [6, 6.07) is 4.56. The molecule has 1 aromatic rings. The van der Waals surface area contributed by atoms with E-state index in [2.05, 4.69) is 10.1 Å². The van der Waals surface area contributed by atoms with Crippen LogP contribution in [0.15, 0.2) is 24.3 Å². The van der Waals surface area contributed by atoms with E-state index in [1.807, 2.05) is 0 Å². The number of amides is 1. The maximum atomic E-state index is 12.6. The topological polar surface area (TPSA) is 88.4 Å². The summed E-state index contributed by atoms with van der Waals surface area (Å²) in [4.78, 5) is 23.9. The van der Waals surface area contributed by atoms with Crippen LogP contribution in [0.5, 0.6) is 0 Å². The van der Waals surface area contributed by atoms with Gasteiger partial charge in [0.2, 0.25) is 0 Å². The van der Waals surface area contributed by atoms with Crippen LogP contribution in [0.4, 0.5) is 18.0 Å². The van der Waals surface area contributed by atoms with Gasteiger partial charge in [-0.2, -0.15) is 18.4 Å². The lowest BCUT2D eigenvalue weighted by Gasteiger charge is -2.22. The number of esters is 1. The molecular formula is C17H19F3N2O4. The highest BCUT2D eigenvalue weighted by molar-refractivity contribution is 5.81. The van der Waals surface area contributed by atoms with Crippen molar-refractivity contribution in [1.29, 1.82) is 5.26 Å². The SMILES string of the molecule is CC(C)(C)OC(=O)N[C@@H](Cc1ccc(C(F)(F)F)cc1)C(=O)OCC#N. The smallest absolute Gasteiger partial charge is 0.416 e. The second-order valence-corrected chi connectivity index (χ2v) is 6.36. The van der Waals surface area contributed by atoms with E-state index in [-0.39, 0.29) is 6.42 Å². The number of alkyl carbamates (subject to hydrolysis) is 1. The zero-order valence-corrected chi connectivity index (χ0v) is 14.5. The number of hydrogen-bond acceptors (Lipinski definition) is 5. The van der Waals surface area contributed by atoms with E-state index < -0.39 is 42.1 Å². The van der Waals surface area contributed by atoms with Gasteiger partial charge in [-0.25, -0.2) is 9.59 Å². The number of nitriles is 1. The second kappa shape index (κ2) is 8.56. The third-order valence-corrected chi connectivity index (χ3v) is 2.98. The Balaban J connectivity index is 2.89. The Morgan fingerprint density at radius 1 is 1.19 bits per heavy atom. The van der Waals surface area contributed by atoms with Crippen molar-refractivity contribution in [2.24, 2.45) is 0 Å². The Labute approximate surface area is 148 Å². The number of carbonyl (C=O) groups excluding carboxylic acids is 2. The maximum absolute atomic E-state index is 12.6. The molecule has 0 bridgehead atoms. The van der Waals surface area contributed by atoms with Gasteiger partial charge in [-0.1, -0.05) is 12.1 Å². The molecule has 1 aromatic carbocycles. The summed E-state index contributed by atoms with van der Waals surface area (Å²) >= 11 is 0. The molecule has 0 fully saturated rings. The Morgan fingerprint density at radius 3 is 2.23 bits per heavy atom. The average molecular weight is 372 g/mol. The van der Waals surface area contributed by atoms with Crippen LogP contribution in [-0.2, 0) is 26.9 Å². The molecule has 0 saturated carbocycles. The largest absolute Gasteiger partial charge is 0.449 e. The molecule has 0 unspecified atom stereocenters. The highest BCUT2D eigenvalue weighted by Crippen LogP contribution is 2.29. The molecule has 0 aliphatic carbocycles. The molecule has 9 heteroatoms. The summed E-state index contributed by atoms with van der Waals surface area (Å²) in [6.45, 7) is 4.38. The lowest BCUT2D eigenvalue weighted by Crippen LogP contribution is -2.45. The van der Waals surface area contributed by atoms with Gasteiger partial charge in [-0.3, -0.25) is 0 Å². The van der Waals surface area contributed by atoms with Gasteiger partial charge in [0.15, 0.2) is 6.61 Å². The Bertz CT molecular complexity index is 673. The standard InChI is InChI=1S/C17H19F3N2O4/c1-16(2,3)26-15(24)22-13(14(23)25-9-8-21)10-11-4-6-12(7-5-11)17(18,19)20/h4-7,13H,9-10H2,1-3H3,(H,22,24)/t13-/m0/s1. The lowest BCUT2D eigenvalue weighted by molar-refractivity contribution is -0.144. The zero-order chi connectivity index (χ0) is 20.0. The molecule has 26 heavy (non-hydrogen) atoms. The molecule has 1 amide bonds. The van der Waals surface area contributed by atoms with Crippen LogP contribution in [0.2, 0.25) is 0 Å². The van der Waals surface area contributed by atoms with Crippen LogP contribution >= 0.6 is 0 Å². The van der Waals surface area contributed by atoms with E-state index in [0.717, 1.165) is 12.1 Å². The van der Waals surface area contributed by atoms with Crippen molar-refractivity contribution in [1.82, 2.24) is 5.32 Å². The Morgan fingerprint density at radius 2 is 1.77 bits per heavy atom. The van der Waals surface area contributed by atoms with Crippen LogP contribution in [0, 0.1) is 11.3 Å². The van der Waals surface area contributed by atoms with Gasteiger partial charge in [0.1, 0.15) is 17.7 Å². The fourth-order valence-corrected chi connectivity index (χ4v) is 1.91. The summed E-state index contributed by atoms with van der Waals surface area (Å²) < 4.78 is 47.5. The number of alkyl halides is 3. The van der Waals surface area contributed by atoms with Crippen molar-refractivity contribution in [2.45, 2.75) is 45.0 Å². The molecule has 1 rings (SSSR count). The number of hydrogen-bond donors (Lipinski definition) is 1. The molecule has 1 atom stereocenters. The van der Waals surface area contributed by atoms with Crippen molar-refractivity contribution in [3.8, 4) is 6.07 Å². The summed E-state index contributed by atoms with van der Waals surface area (Å²) in [5.41, 5.74) is -1.27. The number of ether oxygens (including phenoxy) is 2. The third kappa shape index (κ3) is 7.42. The zero-order valence-electron chi connectivity index (χ0n) is 14.5. The highest BCUT2D eigenvalue weighted by Gasteiger charge is 2.30. The van der Waals surface area contributed by atoms with Gasteiger partial charge in [-0.15, -0.1) is 0 Å². The van der Waals surface area contributed by atoms with Crippen LogP contribution < -0.4 is 5.32 Å². The Hall–Kier alpha value is -2.76. The van der Waals surface area contributed by atoms with Gasteiger partial charge in [-0.05, 0) is 38.5 Å². The molecule has 1 N–H and O–H groups in total. The minimum absolute atomic E-state index is 0.123. The number of rotatable bonds is 5. The minimum Gasteiger partial charge on any atom is -0.449 e. The quantitative estimate of drug-likeness (QED) is 0.802. The van der Waals surface area contributed by atoms with Crippen molar-refractivity contribution >= 4 is 12.1 Å². The van der Waals surface area contributed by atoms with Crippen LogP contribution in [0.25, 0.3) is 0 Å². The van der Waals surface area contributed by atoms with Crippen LogP contribution in [0.3, 0.4) is 0 Å². The highest BCUT2D eigenvalue weighted by atomic mass is 19.4. The summed E-state index contributed by atoms with van der Waals surface area (Å²) in [5.74, 6) is -0.891. The summed E-state index contributed by atoms with van der Waals surface area (Å²) in [6.07, 6.45) is -5.48. The van der Waals surface area contributed by atoms with Gasteiger partial charge in [0.25, 0.3) is 0 Å². The monoisotopic (exact) mass is 372 g/mol. The fourth-order valence-electron chi connectivity index (χ4n) is 1.91. The van der Waals surface area contributed by atoms with Crippen molar-refractivity contribution in [3.63, 3.8) is 0 Å². The predicted molar refractivity (Wildman–Crippen MR) is 84.9 cm³/mol. The molecule has 0 aliphatic rings. The third-order valence-electron chi connectivity index (χ3n) is 2.98. The van der Waals surface area contributed by atoms with Gasteiger partial charge < -0.3 is 14.8 Å². The normalized spacial score (nSPS) is 12.7. The van der Waals surface area contributed by atoms with Crippen molar-refractivity contribution in [2.75, 3.05) is 6.61 Å². The molecule has 142 valence electrons. The van der Waals surface area contributed by atoms with E-state index in [1.54, 1.807) is 26.8 Å². The molecular weight excluding hydrogens is 353 g/mol. The molecule has 0 spiro atoms. The molecule has 0 heterocycles. The fraction of sp³-hybridized carbons (Fsp3) is 0.471. The van der Waals surface area contributed by atoms with Crippen LogP contribution in [-0.4, -0.2) is 30.3 Å². The van der Waals surface area contributed by atoms with E-state index in [4.69, 9.17) is 10.00 Å². The second-order valence-electron chi connectivity index (χ2n) is 6.36. The molecule has 6 nitrogen and oxygen atoms in total. The average Bonchev–Trinajstić information content (AvgIpc) is 2.49. The molecule has 0 aromatic heterocycles. The van der Waals surface area contributed by atoms with Gasteiger partial charge in [0.05, 0.1) is 5.56 Å². The summed E-state index contributed by atoms with van der Waals surface area (Å²) in [5, 5.41) is 10.8. The minimum atomic E-state index is -4.47. The molecule has 0 aliphatic heterocycles. The first kappa shape index (κ1) is 21.3. The summed E-state index contributed by atoms with van der Waals surface area (Å²) in [7, 11) is 0. The maximum Gasteiger partial charge on any atom is 0.416 e. The predicted octanol–water partition coefficient (Wildman–Crippen LogP) is 3.21. The first-order valence-corrected chi connectivity index (χ1v) is 7.61. The Kier molecular flexibility index (Phi) is 7.01. The van der Waals surface area contributed by atoms with E-state index in [9.17, 15) is 22.8 Å². The lowest BCUT2D eigenvalue weighted by atomic mass is 10.0. The number of nitrogens with one attached hydrogen (secondary N) is 1. The number of carbonyl (C=O) groups is 2. The first-order chi connectivity index (χ1) is 11.9. The van der Waals surface area contributed by atoms with Gasteiger partial charge >= 0.3 is 18.2 Å².